The van der Waals surface area contributed by atoms with E-state index in [0.717, 1.165) is 25.3 Å². The number of likely N-dealkylation sites (tertiary alicyclic amines) is 1. The Morgan fingerprint density at radius 3 is 3.00 bits per heavy atom. The number of aromatic nitrogens is 1. The molecule has 2 atom stereocenters. The van der Waals surface area contributed by atoms with Gasteiger partial charge in [0, 0.05) is 31.7 Å². The second-order valence-electron chi connectivity index (χ2n) is 5.07. The van der Waals surface area contributed by atoms with Crippen molar-refractivity contribution in [2.24, 2.45) is 5.92 Å². The Balaban J connectivity index is 1.93. The highest BCUT2D eigenvalue weighted by Gasteiger charge is 2.24. The Bertz CT molecular complexity index is 383. The van der Waals surface area contributed by atoms with Gasteiger partial charge in [0.15, 0.2) is 0 Å². The molecule has 0 saturated carbocycles. The van der Waals surface area contributed by atoms with Crippen LogP contribution < -0.4 is 10.1 Å². The number of nitrogens with zero attached hydrogens (tertiary/aromatic N) is 2. The molecule has 0 radical (unpaired) electrons. The number of hydrogen-bond acceptors (Lipinski definition) is 4. The average molecular weight is 249 g/mol. The van der Waals surface area contributed by atoms with Gasteiger partial charge in [-0.1, -0.05) is 13.0 Å². The third-order valence-corrected chi connectivity index (χ3v) is 3.74. The lowest BCUT2D eigenvalue weighted by Gasteiger charge is -2.36. The second kappa shape index (κ2) is 6.16. The van der Waals surface area contributed by atoms with Gasteiger partial charge in [-0.15, -0.1) is 0 Å². The monoisotopic (exact) mass is 249 g/mol. The van der Waals surface area contributed by atoms with Gasteiger partial charge in [0.05, 0.1) is 12.8 Å². The maximum absolute atomic E-state index is 5.16. The second-order valence-corrected chi connectivity index (χ2v) is 5.07. The zero-order valence-corrected chi connectivity index (χ0v) is 11.5. The van der Waals surface area contributed by atoms with Gasteiger partial charge in [0.2, 0.25) is 5.88 Å². The van der Waals surface area contributed by atoms with Crippen molar-refractivity contribution >= 4 is 0 Å². The molecule has 1 N–H and O–H groups in total. The predicted octanol–water partition coefficient (Wildman–Crippen LogP) is 1.52. The molecule has 0 aliphatic carbocycles. The van der Waals surface area contributed by atoms with Crippen molar-refractivity contribution in [3.63, 3.8) is 0 Å². The number of hydrogen-bond donors (Lipinski definition) is 1. The summed E-state index contributed by atoms with van der Waals surface area (Å²) < 4.78 is 5.16. The van der Waals surface area contributed by atoms with Crippen LogP contribution in [0.25, 0.3) is 0 Å². The predicted molar refractivity (Wildman–Crippen MR) is 72.7 cm³/mol. The van der Waals surface area contributed by atoms with Crippen LogP contribution in [0, 0.1) is 5.92 Å². The Morgan fingerprint density at radius 1 is 1.50 bits per heavy atom. The highest BCUT2D eigenvalue weighted by atomic mass is 16.5. The number of pyridine rings is 1. The molecule has 18 heavy (non-hydrogen) atoms. The number of methoxy groups -OCH3 is 1. The van der Waals surface area contributed by atoms with Gasteiger partial charge in [-0.05, 0) is 25.5 Å². The molecule has 1 aromatic rings. The van der Waals surface area contributed by atoms with E-state index >= 15 is 0 Å². The third kappa shape index (κ3) is 3.21. The fourth-order valence-electron chi connectivity index (χ4n) is 2.69. The molecule has 1 fully saturated rings. The fourth-order valence-corrected chi connectivity index (χ4v) is 2.69. The maximum Gasteiger partial charge on any atom is 0.213 e. The summed E-state index contributed by atoms with van der Waals surface area (Å²) in [5.41, 5.74) is 1.09. The lowest BCUT2D eigenvalue weighted by molar-refractivity contribution is 0.143. The van der Waals surface area contributed by atoms with Crippen LogP contribution in [0.1, 0.15) is 19.0 Å². The van der Waals surface area contributed by atoms with E-state index in [9.17, 15) is 0 Å². The summed E-state index contributed by atoms with van der Waals surface area (Å²) in [6, 6.07) is 6.61. The molecular formula is C14H23N3O. The number of rotatable bonds is 4. The van der Waals surface area contributed by atoms with Crippen molar-refractivity contribution in [2.45, 2.75) is 25.9 Å². The Kier molecular flexibility index (Phi) is 4.55. The third-order valence-electron chi connectivity index (χ3n) is 3.74. The SMILES string of the molecule is CNC1CCN(Cc2cccc(OC)n2)CC1C. The summed E-state index contributed by atoms with van der Waals surface area (Å²) in [7, 11) is 3.72. The number of ether oxygens (including phenoxy) is 1. The first-order chi connectivity index (χ1) is 8.72. The molecule has 1 saturated heterocycles. The Morgan fingerprint density at radius 2 is 2.33 bits per heavy atom. The molecule has 0 aromatic carbocycles. The van der Waals surface area contributed by atoms with Crippen LogP contribution in [0.3, 0.4) is 0 Å². The molecule has 2 heterocycles. The summed E-state index contributed by atoms with van der Waals surface area (Å²) in [6.45, 7) is 5.49. The van der Waals surface area contributed by atoms with Crippen LogP contribution in [-0.2, 0) is 6.54 Å². The molecule has 2 rings (SSSR count). The molecule has 1 aromatic heterocycles. The highest BCUT2D eigenvalue weighted by molar-refractivity contribution is 5.15. The fraction of sp³-hybridized carbons (Fsp3) is 0.643. The van der Waals surface area contributed by atoms with Crippen LogP contribution in [-0.4, -0.2) is 43.2 Å². The van der Waals surface area contributed by atoms with Gasteiger partial charge in [-0.3, -0.25) is 4.90 Å². The molecule has 4 heteroatoms. The average Bonchev–Trinajstić information content (AvgIpc) is 2.39. The molecule has 0 spiro atoms. The molecule has 0 bridgehead atoms. The van der Waals surface area contributed by atoms with E-state index in [-0.39, 0.29) is 0 Å². The first kappa shape index (κ1) is 13.3. The van der Waals surface area contributed by atoms with E-state index in [1.807, 2.05) is 12.1 Å². The maximum atomic E-state index is 5.16. The topological polar surface area (TPSA) is 37.4 Å². The van der Waals surface area contributed by atoms with Gasteiger partial charge in [-0.2, -0.15) is 0 Å². The van der Waals surface area contributed by atoms with E-state index in [1.165, 1.54) is 6.42 Å². The van der Waals surface area contributed by atoms with Gasteiger partial charge in [0.25, 0.3) is 0 Å². The van der Waals surface area contributed by atoms with Crippen LogP contribution in [0.2, 0.25) is 0 Å². The van der Waals surface area contributed by atoms with Crippen molar-refractivity contribution in [1.82, 2.24) is 15.2 Å². The van der Waals surface area contributed by atoms with Gasteiger partial charge >= 0.3 is 0 Å². The van der Waals surface area contributed by atoms with Crippen molar-refractivity contribution < 1.29 is 4.74 Å². The van der Waals surface area contributed by atoms with Crippen molar-refractivity contribution in [1.29, 1.82) is 0 Å². The Hall–Kier alpha value is -1.13. The molecule has 0 amide bonds. The van der Waals surface area contributed by atoms with E-state index < -0.39 is 0 Å². The van der Waals surface area contributed by atoms with Crippen molar-refractivity contribution in [3.8, 4) is 5.88 Å². The van der Waals surface area contributed by atoms with E-state index in [1.54, 1.807) is 7.11 Å². The zero-order valence-electron chi connectivity index (χ0n) is 11.5. The summed E-state index contributed by atoms with van der Waals surface area (Å²) in [6.07, 6.45) is 1.21. The van der Waals surface area contributed by atoms with Crippen LogP contribution in [0.15, 0.2) is 18.2 Å². The number of nitrogens with one attached hydrogen (secondary N) is 1. The van der Waals surface area contributed by atoms with E-state index in [2.05, 4.69) is 35.2 Å². The molecule has 1 aliphatic heterocycles. The molecular weight excluding hydrogens is 226 g/mol. The minimum absolute atomic E-state index is 0.652. The normalized spacial score (nSPS) is 25.1. The molecule has 2 unspecified atom stereocenters. The van der Waals surface area contributed by atoms with E-state index in [0.29, 0.717) is 17.8 Å². The smallest absolute Gasteiger partial charge is 0.213 e. The van der Waals surface area contributed by atoms with Crippen LogP contribution in [0.5, 0.6) is 5.88 Å². The minimum atomic E-state index is 0.652. The van der Waals surface area contributed by atoms with Gasteiger partial charge < -0.3 is 10.1 Å². The molecule has 1 aliphatic rings. The standard InChI is InChI=1S/C14H23N3O/c1-11-9-17(8-7-13(11)15-2)10-12-5-4-6-14(16-12)18-3/h4-6,11,13,15H,7-10H2,1-3H3. The van der Waals surface area contributed by atoms with Gasteiger partial charge in [-0.25, -0.2) is 4.98 Å². The summed E-state index contributed by atoms with van der Waals surface area (Å²) >= 11 is 0. The minimum Gasteiger partial charge on any atom is -0.481 e. The summed E-state index contributed by atoms with van der Waals surface area (Å²) in [5, 5.41) is 3.39. The van der Waals surface area contributed by atoms with Crippen molar-refractivity contribution in [3.05, 3.63) is 23.9 Å². The quantitative estimate of drug-likeness (QED) is 0.878. The molecule has 100 valence electrons. The van der Waals surface area contributed by atoms with E-state index in [4.69, 9.17) is 4.74 Å². The lowest BCUT2D eigenvalue weighted by Crippen LogP contribution is -2.46. The number of piperidine rings is 1. The largest absolute Gasteiger partial charge is 0.481 e. The highest BCUT2D eigenvalue weighted by Crippen LogP contribution is 2.18. The van der Waals surface area contributed by atoms with Crippen molar-refractivity contribution in [2.75, 3.05) is 27.2 Å². The zero-order chi connectivity index (χ0) is 13.0. The lowest BCUT2D eigenvalue weighted by atomic mass is 9.94. The molecule has 4 nitrogen and oxygen atoms in total. The first-order valence-electron chi connectivity index (χ1n) is 6.62. The summed E-state index contributed by atoms with van der Waals surface area (Å²) in [4.78, 5) is 6.94. The first-order valence-corrected chi connectivity index (χ1v) is 6.62. The van der Waals surface area contributed by atoms with Crippen LogP contribution >= 0.6 is 0 Å². The van der Waals surface area contributed by atoms with Crippen LogP contribution in [0.4, 0.5) is 0 Å². The van der Waals surface area contributed by atoms with Gasteiger partial charge in [0.1, 0.15) is 0 Å². The Labute approximate surface area is 109 Å². The summed E-state index contributed by atoms with van der Waals surface area (Å²) in [5.74, 6) is 1.39.